The van der Waals surface area contributed by atoms with Crippen LogP contribution in [0, 0.1) is 0 Å². The Hall–Kier alpha value is -0.241. The maximum absolute atomic E-state index is 2.35. The van der Waals surface area contributed by atoms with Crippen LogP contribution < -0.4 is 0 Å². The average Bonchev–Trinajstić information content (AvgIpc) is 3.01. The van der Waals surface area contributed by atoms with Crippen LogP contribution in [-0.2, 0) is 8.94 Å². The van der Waals surface area contributed by atoms with E-state index in [9.17, 15) is 0 Å². The van der Waals surface area contributed by atoms with E-state index in [-0.39, 0.29) is 41.8 Å². The van der Waals surface area contributed by atoms with Gasteiger partial charge in [0.1, 0.15) is 0 Å². The van der Waals surface area contributed by atoms with Gasteiger partial charge in [-0.1, -0.05) is 0 Å². The van der Waals surface area contributed by atoms with E-state index in [1.54, 1.807) is 29.5 Å². The fraction of sp³-hybridized carbons (Fsp3) is 0.125. The van der Waals surface area contributed by atoms with Gasteiger partial charge in [0.25, 0.3) is 0 Å². The van der Waals surface area contributed by atoms with Crippen LogP contribution in [0.2, 0.25) is 0 Å². The normalized spacial score (nSPS) is 20.9. The van der Waals surface area contributed by atoms with Crippen molar-refractivity contribution in [1.82, 2.24) is 0 Å². The van der Waals surface area contributed by atoms with Gasteiger partial charge < -0.3 is 0 Å². The molecule has 0 saturated carbocycles. The molecule has 0 atom stereocenters. The summed E-state index contributed by atoms with van der Waals surface area (Å²) in [5, 5.41) is 0. The van der Waals surface area contributed by atoms with Crippen LogP contribution in [0.5, 0.6) is 0 Å². The Morgan fingerprint density at radius 3 is 1.56 bits per heavy atom. The van der Waals surface area contributed by atoms with Crippen LogP contribution in [0.15, 0.2) is 48.5 Å². The van der Waals surface area contributed by atoms with Gasteiger partial charge in [-0.25, -0.2) is 0 Å². The first-order valence-corrected chi connectivity index (χ1v) is 11.7. The summed E-state index contributed by atoms with van der Waals surface area (Å²) >= 11 is 0.0618. The summed E-state index contributed by atoms with van der Waals surface area (Å²) in [6.45, 7) is 0. The summed E-state index contributed by atoms with van der Waals surface area (Å²) in [5.74, 6) is 0. The molecule has 2 aliphatic heterocycles. The van der Waals surface area contributed by atoms with Gasteiger partial charge in [-0.05, 0) is 0 Å². The van der Waals surface area contributed by atoms with Crippen molar-refractivity contribution in [1.29, 1.82) is 0 Å². The number of hydrogen-bond acceptors (Lipinski definition) is 0. The molecule has 0 bridgehead atoms. The van der Waals surface area contributed by atoms with Gasteiger partial charge in [0.2, 0.25) is 0 Å². The minimum atomic E-state index is 0.0309. The fourth-order valence-electron chi connectivity index (χ4n) is 2.57. The number of hydrogen-bond donors (Lipinski definition) is 0. The monoisotopic (exact) mass is 464 g/mol. The van der Waals surface area contributed by atoms with Gasteiger partial charge in [-0.3, -0.25) is 0 Å². The molecule has 0 fully saturated rings. The molecule has 0 aromatic heterocycles. The fourth-order valence-corrected chi connectivity index (χ4v) is 11.4. The van der Waals surface area contributed by atoms with Crippen LogP contribution in [0.25, 0.3) is 7.24 Å². The summed E-state index contributed by atoms with van der Waals surface area (Å²) in [5.41, 5.74) is 6.41. The average molecular weight is 459 g/mol. The Morgan fingerprint density at radius 1 is 0.611 bits per heavy atom. The van der Waals surface area contributed by atoms with Crippen molar-refractivity contribution in [2.45, 2.75) is 8.94 Å². The summed E-state index contributed by atoms with van der Waals surface area (Å²) in [7, 11) is 0. The molecule has 2 aliphatic rings. The van der Waals surface area contributed by atoms with Gasteiger partial charge in [-0.15, -0.1) is 0 Å². The number of benzene rings is 2. The van der Waals surface area contributed by atoms with Gasteiger partial charge in [0, 0.05) is 0 Å². The zero-order valence-corrected chi connectivity index (χ0v) is 14.5. The molecule has 0 aliphatic carbocycles. The van der Waals surface area contributed by atoms with Crippen molar-refractivity contribution in [2.24, 2.45) is 0 Å². The Balaban J connectivity index is 1.93. The minimum absolute atomic E-state index is 0.0309. The Labute approximate surface area is 128 Å². The molecule has 88 valence electrons. The molecule has 2 heterocycles. The first-order chi connectivity index (χ1) is 8.93. The van der Waals surface area contributed by atoms with Crippen LogP contribution in [0.4, 0.5) is 0 Å². The second-order valence-electron chi connectivity index (χ2n) is 4.55. The van der Waals surface area contributed by atoms with Crippen LogP contribution >= 0.6 is 0 Å². The van der Waals surface area contributed by atoms with Gasteiger partial charge in [0.15, 0.2) is 0 Å². The van der Waals surface area contributed by atoms with Crippen molar-refractivity contribution in [3.63, 3.8) is 0 Å². The van der Waals surface area contributed by atoms with E-state index in [4.69, 9.17) is 0 Å². The van der Waals surface area contributed by atoms with E-state index < -0.39 is 0 Å². The third-order valence-electron chi connectivity index (χ3n) is 3.47. The van der Waals surface area contributed by atoms with Crippen molar-refractivity contribution in [3.8, 4) is 0 Å². The van der Waals surface area contributed by atoms with E-state index >= 15 is 0 Å². The molecule has 4 rings (SSSR count). The molecule has 0 radical (unpaired) electrons. The van der Waals surface area contributed by atoms with E-state index in [0.29, 0.717) is 0 Å². The first kappa shape index (κ1) is 11.6. The van der Waals surface area contributed by atoms with Crippen molar-refractivity contribution in [3.05, 3.63) is 70.8 Å². The molecule has 0 unspecified atom stereocenters. The first-order valence-electron chi connectivity index (χ1n) is 6.10. The van der Waals surface area contributed by atoms with Crippen LogP contribution in [0.1, 0.15) is 22.3 Å². The zero-order chi connectivity index (χ0) is 11.9. The van der Waals surface area contributed by atoms with Gasteiger partial charge in [-0.2, -0.15) is 0 Å². The molecule has 0 N–H and O–H groups in total. The van der Waals surface area contributed by atoms with E-state index in [0.717, 1.165) is 0 Å². The number of rotatable bonds is 0. The van der Waals surface area contributed by atoms with E-state index in [2.05, 4.69) is 48.5 Å². The number of fused-ring (bicyclic) bond motifs is 2. The van der Waals surface area contributed by atoms with Gasteiger partial charge in [0.05, 0.1) is 0 Å². The van der Waals surface area contributed by atoms with Crippen LogP contribution in [0.3, 0.4) is 0 Å². The molecule has 2 aromatic carbocycles. The molecule has 0 amide bonds. The molecule has 2 heteroatoms. The summed E-state index contributed by atoms with van der Waals surface area (Å²) in [4.78, 5) is 0. The molecule has 0 nitrogen and oxygen atoms in total. The van der Waals surface area contributed by atoms with Crippen LogP contribution in [-0.4, -0.2) is 41.8 Å². The molecule has 0 saturated heterocycles. The Kier molecular flexibility index (Phi) is 3.02. The van der Waals surface area contributed by atoms with Gasteiger partial charge >= 0.3 is 129 Å². The second-order valence-corrected chi connectivity index (χ2v) is 10.2. The maximum atomic E-state index is 2.35. The third-order valence-corrected chi connectivity index (χ3v) is 11.4. The van der Waals surface area contributed by atoms with E-state index in [1.807, 2.05) is 0 Å². The Bertz CT molecular complexity index is 598. The van der Waals surface area contributed by atoms with Crippen molar-refractivity contribution < 1.29 is 0 Å². The topological polar surface area (TPSA) is 0 Å². The molecule has 0 spiro atoms. The quantitative estimate of drug-likeness (QED) is 0.532. The standard InChI is InChI=1S/C16H12Te2/c1-3-7-13-11(5-1)9-17-15(13)16-14-8-4-2-6-12(14)10-18-16/h1-8H,9-10H2/b16-15-. The summed E-state index contributed by atoms with van der Waals surface area (Å²) in [6.07, 6.45) is 0. The summed E-state index contributed by atoms with van der Waals surface area (Å²) < 4.78 is 6.33. The Morgan fingerprint density at radius 2 is 1.06 bits per heavy atom. The molecular weight excluding hydrogens is 447 g/mol. The zero-order valence-electron chi connectivity index (χ0n) is 9.85. The van der Waals surface area contributed by atoms with E-state index in [1.165, 1.54) is 8.94 Å². The molecule has 2 aromatic rings. The third kappa shape index (κ3) is 1.79. The van der Waals surface area contributed by atoms with Crippen molar-refractivity contribution >= 4 is 49.1 Å². The predicted octanol–water partition coefficient (Wildman–Crippen LogP) is 2.95. The molecular formula is C16H12Te2. The van der Waals surface area contributed by atoms with Crippen molar-refractivity contribution in [2.75, 3.05) is 0 Å². The SMILES string of the molecule is c1ccc2c(c1)C[Te]/C2=C1\[Te]Cc2ccccc21. The molecule has 18 heavy (non-hydrogen) atoms. The summed E-state index contributed by atoms with van der Waals surface area (Å²) in [6, 6.07) is 18.2. The predicted molar refractivity (Wildman–Crippen MR) is 78.6 cm³/mol. The second kappa shape index (κ2) is 4.70.